The molecule has 0 saturated carbocycles. The topological polar surface area (TPSA) is 29.5 Å². The van der Waals surface area contributed by atoms with Gasteiger partial charge in [0.1, 0.15) is 0 Å². The van der Waals surface area contributed by atoms with Crippen molar-refractivity contribution in [2.24, 2.45) is 0 Å². The lowest BCUT2D eigenvalue weighted by atomic mass is 10.2. The van der Waals surface area contributed by atoms with E-state index in [4.69, 9.17) is 4.74 Å². The van der Waals surface area contributed by atoms with Gasteiger partial charge in [-0.3, -0.25) is 4.79 Å². The van der Waals surface area contributed by atoms with Gasteiger partial charge in [-0.25, -0.2) is 0 Å². The van der Waals surface area contributed by atoms with Crippen LogP contribution in [-0.2, 0) is 9.53 Å². The molecule has 2 fully saturated rings. The van der Waals surface area contributed by atoms with Gasteiger partial charge in [0, 0.05) is 12.0 Å². The van der Waals surface area contributed by atoms with Crippen LogP contribution in [0.3, 0.4) is 0 Å². The van der Waals surface area contributed by atoms with Gasteiger partial charge in [0.2, 0.25) is 5.91 Å². The number of ether oxygens (including phenoxy) is 1. The molecule has 0 bridgehead atoms. The molecule has 1 amide bonds. The van der Waals surface area contributed by atoms with Crippen molar-refractivity contribution in [1.29, 1.82) is 0 Å². The number of amides is 1. The summed E-state index contributed by atoms with van der Waals surface area (Å²) in [5, 5.41) is 0. The molecule has 0 N–H and O–H groups in total. The van der Waals surface area contributed by atoms with Crippen LogP contribution in [0.2, 0.25) is 0 Å². The van der Waals surface area contributed by atoms with Crippen LogP contribution in [0.1, 0.15) is 38.5 Å². The molecule has 0 spiro atoms. The fourth-order valence-corrected chi connectivity index (χ4v) is 2.40. The third kappa shape index (κ3) is 2.20. The molecule has 0 aromatic heterocycles. The average molecular weight is 233 g/mol. The van der Waals surface area contributed by atoms with Crippen LogP contribution in [0.25, 0.3) is 0 Å². The second-order valence-corrected chi connectivity index (χ2v) is 4.09. The second kappa shape index (κ2) is 5.32. The Bertz CT molecular complexity index is 377. The summed E-state index contributed by atoms with van der Waals surface area (Å²) >= 11 is 0. The Morgan fingerprint density at radius 2 is 1.94 bits per heavy atom. The Hall–Kier alpha value is -1.35. The van der Waals surface area contributed by atoms with Crippen LogP contribution in [0.5, 0.6) is 0 Å². The van der Waals surface area contributed by atoms with E-state index in [1.54, 1.807) is 0 Å². The molecule has 1 aromatic rings. The highest BCUT2D eigenvalue weighted by molar-refractivity contribution is 5.79. The van der Waals surface area contributed by atoms with Crippen molar-refractivity contribution in [3.05, 3.63) is 35.9 Å². The molecule has 3 heteroatoms. The SMILES string of the molecule is CC.O=C1CC[C@H]2CO[C@H](c3ccccc3)N12. The Morgan fingerprint density at radius 3 is 2.65 bits per heavy atom. The average Bonchev–Trinajstić information content (AvgIpc) is 2.97. The van der Waals surface area contributed by atoms with Crippen LogP contribution in [0.15, 0.2) is 30.3 Å². The van der Waals surface area contributed by atoms with E-state index in [0.29, 0.717) is 19.1 Å². The van der Waals surface area contributed by atoms with E-state index in [9.17, 15) is 4.79 Å². The van der Waals surface area contributed by atoms with Crippen LogP contribution >= 0.6 is 0 Å². The maximum atomic E-state index is 11.7. The molecule has 3 nitrogen and oxygen atoms in total. The van der Waals surface area contributed by atoms with Crippen molar-refractivity contribution in [2.75, 3.05) is 6.61 Å². The minimum atomic E-state index is -0.147. The Kier molecular flexibility index (Phi) is 3.79. The Morgan fingerprint density at radius 1 is 1.24 bits per heavy atom. The van der Waals surface area contributed by atoms with Gasteiger partial charge in [-0.2, -0.15) is 0 Å². The first-order valence-corrected chi connectivity index (χ1v) is 6.34. The second-order valence-electron chi connectivity index (χ2n) is 4.09. The summed E-state index contributed by atoms with van der Waals surface area (Å²) in [6, 6.07) is 10.3. The number of carbonyl (C=O) groups excluding carboxylic acids is 1. The van der Waals surface area contributed by atoms with E-state index < -0.39 is 0 Å². The fourth-order valence-electron chi connectivity index (χ4n) is 2.40. The lowest BCUT2D eigenvalue weighted by Crippen LogP contribution is -2.30. The van der Waals surface area contributed by atoms with E-state index >= 15 is 0 Å². The summed E-state index contributed by atoms with van der Waals surface area (Å²) in [5.41, 5.74) is 1.08. The highest BCUT2D eigenvalue weighted by Crippen LogP contribution is 2.36. The van der Waals surface area contributed by atoms with E-state index in [-0.39, 0.29) is 12.1 Å². The predicted octanol–water partition coefficient (Wildman–Crippen LogP) is 2.73. The molecule has 1 aromatic carbocycles. The number of benzene rings is 1. The van der Waals surface area contributed by atoms with E-state index in [1.165, 1.54) is 0 Å². The third-order valence-corrected chi connectivity index (χ3v) is 3.16. The number of rotatable bonds is 1. The van der Waals surface area contributed by atoms with Gasteiger partial charge in [0.15, 0.2) is 6.23 Å². The zero-order valence-electron chi connectivity index (χ0n) is 10.4. The monoisotopic (exact) mass is 233 g/mol. The zero-order chi connectivity index (χ0) is 12.3. The largest absolute Gasteiger partial charge is 0.352 e. The molecule has 2 aliphatic rings. The van der Waals surface area contributed by atoms with E-state index in [1.807, 2.05) is 49.1 Å². The van der Waals surface area contributed by atoms with Crippen molar-refractivity contribution in [3.8, 4) is 0 Å². The summed E-state index contributed by atoms with van der Waals surface area (Å²) in [6.07, 6.45) is 1.48. The zero-order valence-corrected chi connectivity index (χ0v) is 10.4. The number of carbonyl (C=O) groups is 1. The van der Waals surface area contributed by atoms with Crippen molar-refractivity contribution < 1.29 is 9.53 Å². The van der Waals surface area contributed by atoms with E-state index in [2.05, 4.69) is 0 Å². The molecule has 92 valence electrons. The number of fused-ring (bicyclic) bond motifs is 1. The molecule has 17 heavy (non-hydrogen) atoms. The summed E-state index contributed by atoms with van der Waals surface area (Å²) in [7, 11) is 0. The minimum absolute atomic E-state index is 0.147. The molecular weight excluding hydrogens is 214 g/mol. The van der Waals surface area contributed by atoms with Crippen LogP contribution < -0.4 is 0 Å². The molecule has 0 radical (unpaired) electrons. The third-order valence-electron chi connectivity index (χ3n) is 3.16. The van der Waals surface area contributed by atoms with Gasteiger partial charge in [-0.15, -0.1) is 0 Å². The first kappa shape index (κ1) is 12.1. The van der Waals surface area contributed by atoms with Crippen LogP contribution in [0, 0.1) is 0 Å². The normalized spacial score (nSPS) is 26.5. The molecule has 2 atom stereocenters. The Labute approximate surface area is 102 Å². The molecule has 2 aliphatic heterocycles. The van der Waals surface area contributed by atoms with Crippen molar-refractivity contribution >= 4 is 5.91 Å². The molecular formula is C14H19NO2. The molecule has 0 aliphatic carbocycles. The van der Waals surface area contributed by atoms with Gasteiger partial charge in [0.05, 0.1) is 12.6 Å². The summed E-state index contributed by atoms with van der Waals surface area (Å²) in [6.45, 7) is 4.69. The lowest BCUT2D eigenvalue weighted by molar-refractivity contribution is -0.134. The molecule has 0 unspecified atom stereocenters. The van der Waals surface area contributed by atoms with Crippen molar-refractivity contribution in [1.82, 2.24) is 4.90 Å². The van der Waals surface area contributed by atoms with Gasteiger partial charge in [-0.1, -0.05) is 44.2 Å². The highest BCUT2D eigenvalue weighted by atomic mass is 16.5. The summed E-state index contributed by atoms with van der Waals surface area (Å²) in [4.78, 5) is 13.6. The van der Waals surface area contributed by atoms with Gasteiger partial charge in [-0.05, 0) is 6.42 Å². The first-order valence-electron chi connectivity index (χ1n) is 6.34. The lowest BCUT2D eigenvalue weighted by Gasteiger charge is -2.22. The minimum Gasteiger partial charge on any atom is -0.352 e. The van der Waals surface area contributed by atoms with Gasteiger partial charge < -0.3 is 9.64 Å². The molecule has 3 rings (SSSR count). The van der Waals surface area contributed by atoms with Gasteiger partial charge >= 0.3 is 0 Å². The maximum Gasteiger partial charge on any atom is 0.225 e. The summed E-state index contributed by atoms with van der Waals surface area (Å²) in [5.74, 6) is 0.228. The maximum absolute atomic E-state index is 11.7. The van der Waals surface area contributed by atoms with Gasteiger partial charge in [0.25, 0.3) is 0 Å². The van der Waals surface area contributed by atoms with Crippen LogP contribution in [0.4, 0.5) is 0 Å². The number of hydrogen-bond donors (Lipinski definition) is 0. The van der Waals surface area contributed by atoms with E-state index in [0.717, 1.165) is 12.0 Å². The molecule has 2 heterocycles. The summed E-state index contributed by atoms with van der Waals surface area (Å²) < 4.78 is 5.68. The standard InChI is InChI=1S/C12H13NO2.C2H6/c14-11-7-6-10-8-15-12(13(10)11)9-4-2-1-3-5-9;1-2/h1-5,10,12H,6-8H2;1-2H3/t10-,12+;/m0./s1. The number of hydrogen-bond acceptors (Lipinski definition) is 2. The predicted molar refractivity (Wildman–Crippen MR) is 66.4 cm³/mol. The Balaban J connectivity index is 0.000000514. The first-order chi connectivity index (χ1) is 8.36. The molecule has 2 saturated heterocycles. The van der Waals surface area contributed by atoms with Crippen molar-refractivity contribution in [2.45, 2.75) is 39.0 Å². The number of nitrogens with zero attached hydrogens (tertiary/aromatic N) is 1. The quantitative estimate of drug-likeness (QED) is 0.746. The fraction of sp³-hybridized carbons (Fsp3) is 0.500. The van der Waals surface area contributed by atoms with Crippen molar-refractivity contribution in [3.63, 3.8) is 0 Å². The van der Waals surface area contributed by atoms with Crippen LogP contribution in [-0.4, -0.2) is 23.5 Å². The highest BCUT2D eigenvalue weighted by Gasteiger charge is 2.42. The smallest absolute Gasteiger partial charge is 0.225 e.